The summed E-state index contributed by atoms with van der Waals surface area (Å²) in [7, 11) is 0. The zero-order valence-corrected chi connectivity index (χ0v) is 13.9. The van der Waals surface area contributed by atoms with Crippen molar-refractivity contribution in [2.24, 2.45) is 5.73 Å². The number of rotatable bonds is 5. The van der Waals surface area contributed by atoms with Crippen LogP contribution in [0.4, 0.5) is 5.69 Å². The predicted octanol–water partition coefficient (Wildman–Crippen LogP) is 3.88. The Balaban J connectivity index is 2.21. The zero-order chi connectivity index (χ0) is 15.6. The summed E-state index contributed by atoms with van der Waals surface area (Å²) in [6.07, 6.45) is 1.55. The number of carbonyl (C=O) groups is 1. The van der Waals surface area contributed by atoms with E-state index >= 15 is 0 Å². The van der Waals surface area contributed by atoms with Gasteiger partial charge in [-0.15, -0.1) is 11.3 Å². The van der Waals surface area contributed by atoms with Crippen LogP contribution in [0.5, 0.6) is 0 Å². The van der Waals surface area contributed by atoms with Gasteiger partial charge in [0.1, 0.15) is 0 Å². The first-order valence-corrected chi connectivity index (χ1v) is 8.16. The molecule has 0 saturated carbocycles. The molecule has 1 atom stereocenters. The third-order valence-corrected chi connectivity index (χ3v) is 4.76. The highest BCUT2D eigenvalue weighted by Crippen LogP contribution is 2.29. The van der Waals surface area contributed by atoms with Crippen molar-refractivity contribution < 1.29 is 4.79 Å². The van der Waals surface area contributed by atoms with Crippen LogP contribution >= 0.6 is 11.3 Å². The van der Waals surface area contributed by atoms with Crippen LogP contribution < -0.4 is 11.1 Å². The third kappa shape index (κ3) is 3.60. The summed E-state index contributed by atoms with van der Waals surface area (Å²) in [5.41, 5.74) is 6.98. The molecule has 0 radical (unpaired) electrons. The molecule has 1 aromatic carbocycles. The smallest absolute Gasteiger partial charge is 0.244 e. The fraction of sp³-hybridized carbons (Fsp3) is 0.500. The minimum absolute atomic E-state index is 0.141. The van der Waals surface area contributed by atoms with E-state index in [1.807, 2.05) is 25.1 Å². The molecule has 0 bridgehead atoms. The zero-order valence-electron chi connectivity index (χ0n) is 13.1. The predicted molar refractivity (Wildman–Crippen MR) is 89.8 cm³/mol. The molecule has 1 amide bonds. The minimum Gasteiger partial charge on any atom is -0.324 e. The summed E-state index contributed by atoms with van der Waals surface area (Å²) < 4.78 is 1.09. The lowest BCUT2D eigenvalue weighted by Crippen LogP contribution is -2.48. The third-order valence-electron chi connectivity index (χ3n) is 3.44. The van der Waals surface area contributed by atoms with Gasteiger partial charge >= 0.3 is 0 Å². The van der Waals surface area contributed by atoms with Crippen molar-refractivity contribution in [1.29, 1.82) is 0 Å². The summed E-state index contributed by atoms with van der Waals surface area (Å²) in [6, 6.07) is 5.80. The highest BCUT2D eigenvalue weighted by Gasteiger charge is 2.27. The van der Waals surface area contributed by atoms with Crippen LogP contribution in [0.3, 0.4) is 0 Å². The number of carbonyl (C=O) groups excluding carboxylic acids is 1. The van der Waals surface area contributed by atoms with Gasteiger partial charge in [0.05, 0.1) is 20.8 Å². The lowest BCUT2D eigenvalue weighted by Gasteiger charge is -2.22. The van der Waals surface area contributed by atoms with Crippen LogP contribution in [-0.4, -0.2) is 16.4 Å². The molecular formula is C16H23N3OS. The Labute approximate surface area is 129 Å². The summed E-state index contributed by atoms with van der Waals surface area (Å²) in [5.74, 6) is 0.273. The number of amides is 1. The number of thiazole rings is 1. The molecule has 0 spiro atoms. The van der Waals surface area contributed by atoms with Crippen LogP contribution in [0.2, 0.25) is 0 Å². The molecule has 0 fully saturated rings. The quantitative estimate of drug-likeness (QED) is 0.881. The number of fused-ring (bicyclic) bond motifs is 1. The summed E-state index contributed by atoms with van der Waals surface area (Å²) in [6.45, 7) is 8.05. The molecule has 114 valence electrons. The first kappa shape index (κ1) is 15.9. The molecule has 5 heteroatoms. The molecule has 1 aromatic heterocycles. The minimum atomic E-state index is -0.833. The van der Waals surface area contributed by atoms with E-state index in [1.165, 1.54) is 0 Å². The van der Waals surface area contributed by atoms with Gasteiger partial charge in [-0.25, -0.2) is 4.98 Å². The van der Waals surface area contributed by atoms with Gasteiger partial charge < -0.3 is 11.1 Å². The van der Waals surface area contributed by atoms with Gasteiger partial charge in [-0.1, -0.05) is 27.2 Å². The molecule has 3 N–H and O–H groups in total. The Bertz CT molecular complexity index is 646. The van der Waals surface area contributed by atoms with Crippen LogP contribution in [0.15, 0.2) is 18.2 Å². The van der Waals surface area contributed by atoms with E-state index in [0.717, 1.165) is 27.3 Å². The maximum absolute atomic E-state index is 12.2. The monoisotopic (exact) mass is 305 g/mol. The lowest BCUT2D eigenvalue weighted by molar-refractivity contribution is -0.120. The molecule has 21 heavy (non-hydrogen) atoms. The average Bonchev–Trinajstić information content (AvgIpc) is 2.81. The Morgan fingerprint density at radius 3 is 2.81 bits per heavy atom. The van der Waals surface area contributed by atoms with Gasteiger partial charge in [0, 0.05) is 11.6 Å². The number of nitrogens with one attached hydrogen (secondary N) is 1. The van der Waals surface area contributed by atoms with E-state index in [2.05, 4.69) is 24.1 Å². The highest BCUT2D eigenvalue weighted by molar-refractivity contribution is 7.18. The molecule has 0 aliphatic rings. The maximum Gasteiger partial charge on any atom is 0.244 e. The number of nitrogens with zero attached hydrogens (tertiary/aromatic N) is 1. The molecule has 0 aliphatic carbocycles. The normalized spacial score (nSPS) is 14.4. The number of aromatic nitrogens is 1. The number of hydrogen-bond donors (Lipinski definition) is 2. The second kappa shape index (κ2) is 6.12. The standard InChI is InChI=1S/C16H23N3OS/c1-5-8-16(4,17)15(20)18-11-6-7-12-13(9-11)21-14(19-12)10(2)3/h6-7,9-10H,5,8,17H2,1-4H3,(H,18,20). The molecule has 0 aliphatic heterocycles. The summed E-state index contributed by atoms with van der Waals surface area (Å²) in [5, 5.41) is 4.03. The second-order valence-electron chi connectivity index (χ2n) is 6.01. The van der Waals surface area contributed by atoms with Gasteiger partial charge in [0.15, 0.2) is 0 Å². The Hall–Kier alpha value is -1.46. The largest absolute Gasteiger partial charge is 0.324 e. The van der Waals surface area contributed by atoms with E-state index in [-0.39, 0.29) is 5.91 Å². The molecule has 1 heterocycles. The van der Waals surface area contributed by atoms with Crippen LogP contribution in [0.1, 0.15) is 51.5 Å². The van der Waals surface area contributed by atoms with Gasteiger partial charge in [0.25, 0.3) is 0 Å². The molecule has 2 rings (SSSR count). The van der Waals surface area contributed by atoms with Gasteiger partial charge in [-0.3, -0.25) is 4.79 Å². The lowest BCUT2D eigenvalue weighted by atomic mass is 9.96. The first-order valence-electron chi connectivity index (χ1n) is 7.34. The van der Waals surface area contributed by atoms with Crippen molar-refractivity contribution >= 4 is 33.1 Å². The van der Waals surface area contributed by atoms with Gasteiger partial charge in [-0.05, 0) is 31.5 Å². The summed E-state index contributed by atoms with van der Waals surface area (Å²) >= 11 is 1.67. The fourth-order valence-electron chi connectivity index (χ4n) is 2.17. The topological polar surface area (TPSA) is 68.0 Å². The molecule has 0 saturated heterocycles. The van der Waals surface area contributed by atoms with Gasteiger partial charge in [-0.2, -0.15) is 0 Å². The number of benzene rings is 1. The SMILES string of the molecule is CCCC(C)(N)C(=O)Nc1ccc2nc(C(C)C)sc2c1. The Morgan fingerprint density at radius 2 is 2.19 bits per heavy atom. The Morgan fingerprint density at radius 1 is 1.48 bits per heavy atom. The number of nitrogens with two attached hydrogens (primary N) is 1. The van der Waals surface area contributed by atoms with Crippen molar-refractivity contribution in [3.63, 3.8) is 0 Å². The molecular weight excluding hydrogens is 282 g/mol. The van der Waals surface area contributed by atoms with E-state index in [4.69, 9.17) is 5.73 Å². The van der Waals surface area contributed by atoms with Crippen molar-refractivity contribution in [3.8, 4) is 0 Å². The van der Waals surface area contributed by atoms with Crippen LogP contribution in [0.25, 0.3) is 10.2 Å². The number of anilines is 1. The molecule has 2 aromatic rings. The maximum atomic E-state index is 12.2. The van der Waals surface area contributed by atoms with E-state index in [1.54, 1.807) is 18.3 Å². The molecule has 4 nitrogen and oxygen atoms in total. The second-order valence-corrected chi connectivity index (χ2v) is 7.07. The van der Waals surface area contributed by atoms with Gasteiger partial charge in [0.2, 0.25) is 5.91 Å². The number of hydrogen-bond acceptors (Lipinski definition) is 4. The van der Waals surface area contributed by atoms with Crippen LogP contribution in [0, 0.1) is 0 Å². The highest BCUT2D eigenvalue weighted by atomic mass is 32.1. The van der Waals surface area contributed by atoms with Crippen molar-refractivity contribution in [2.45, 2.75) is 52.0 Å². The van der Waals surface area contributed by atoms with Crippen molar-refractivity contribution in [1.82, 2.24) is 4.98 Å². The van der Waals surface area contributed by atoms with Crippen molar-refractivity contribution in [2.75, 3.05) is 5.32 Å². The molecule has 1 unspecified atom stereocenters. The fourth-order valence-corrected chi connectivity index (χ4v) is 3.18. The Kier molecular flexibility index (Phi) is 4.64. The van der Waals surface area contributed by atoms with E-state index in [9.17, 15) is 4.79 Å². The summed E-state index contributed by atoms with van der Waals surface area (Å²) in [4.78, 5) is 16.8. The van der Waals surface area contributed by atoms with E-state index < -0.39 is 5.54 Å². The first-order chi connectivity index (χ1) is 9.83. The van der Waals surface area contributed by atoms with Crippen LogP contribution in [-0.2, 0) is 4.79 Å². The van der Waals surface area contributed by atoms with E-state index in [0.29, 0.717) is 12.3 Å². The van der Waals surface area contributed by atoms with Crippen molar-refractivity contribution in [3.05, 3.63) is 23.2 Å². The average molecular weight is 305 g/mol.